The van der Waals surface area contributed by atoms with Crippen LogP contribution in [0.5, 0.6) is 17.2 Å². The first kappa shape index (κ1) is 36.9. The maximum Gasteiger partial charge on any atom is 0.255 e. The molecule has 0 radical (unpaired) electrons. The number of amides is 1. The van der Waals surface area contributed by atoms with E-state index in [9.17, 15) is 15.2 Å². The minimum atomic E-state index is -0.343. The van der Waals surface area contributed by atoms with E-state index in [0.29, 0.717) is 65.2 Å². The van der Waals surface area contributed by atoms with Crippen molar-refractivity contribution < 1.29 is 19.4 Å². The summed E-state index contributed by atoms with van der Waals surface area (Å²) in [5, 5.41) is 27.9. The van der Waals surface area contributed by atoms with Crippen LogP contribution in [0.2, 0.25) is 5.02 Å². The first-order valence-corrected chi connectivity index (χ1v) is 17.1. The van der Waals surface area contributed by atoms with Crippen LogP contribution in [0.25, 0.3) is 10.9 Å². The Hall–Kier alpha value is -5.34. The molecule has 0 bridgehead atoms. The predicted molar refractivity (Wildman–Crippen MR) is 202 cm³/mol. The van der Waals surface area contributed by atoms with Crippen LogP contribution < -0.4 is 20.1 Å². The zero-order chi connectivity index (χ0) is 36.5. The number of para-hydroxylation sites is 1. The van der Waals surface area contributed by atoms with Crippen molar-refractivity contribution >= 4 is 39.8 Å². The number of nitriles is 1. The molecule has 3 N–H and O–H groups in total. The van der Waals surface area contributed by atoms with E-state index in [0.717, 1.165) is 16.5 Å². The average Bonchev–Trinajstić information content (AvgIpc) is 3.12. The fraction of sp³-hybridized carbons (Fsp3) is 0.275. The number of phenolic OH excluding ortho intramolecular Hbond substituents is 1. The molecule has 2 unspecified atom stereocenters. The van der Waals surface area contributed by atoms with Gasteiger partial charge in [0.1, 0.15) is 29.9 Å². The third-order valence-corrected chi connectivity index (χ3v) is 8.95. The lowest BCUT2D eigenvalue weighted by molar-refractivity contribution is 0.0937. The highest BCUT2D eigenvalue weighted by Gasteiger charge is 2.32. The molecule has 11 heteroatoms. The van der Waals surface area contributed by atoms with E-state index in [-0.39, 0.29) is 29.3 Å². The van der Waals surface area contributed by atoms with Gasteiger partial charge in [-0.25, -0.2) is 0 Å². The summed E-state index contributed by atoms with van der Waals surface area (Å²) < 4.78 is 12.2. The van der Waals surface area contributed by atoms with Crippen molar-refractivity contribution in [1.29, 1.82) is 5.26 Å². The van der Waals surface area contributed by atoms with Crippen molar-refractivity contribution in [2.45, 2.75) is 32.0 Å². The molecule has 51 heavy (non-hydrogen) atoms. The van der Waals surface area contributed by atoms with Crippen LogP contribution in [0.15, 0.2) is 91.1 Å². The number of nitrogens with one attached hydrogen (secondary N) is 2. The number of carbonyl (C=O) groups is 1. The van der Waals surface area contributed by atoms with Crippen LogP contribution in [-0.2, 0) is 6.61 Å². The van der Waals surface area contributed by atoms with Crippen LogP contribution in [-0.4, -0.2) is 73.2 Å². The quantitative estimate of drug-likeness (QED) is 0.101. The van der Waals surface area contributed by atoms with Crippen molar-refractivity contribution in [2.75, 3.05) is 46.7 Å². The second-order valence-corrected chi connectivity index (χ2v) is 12.9. The number of halogens is 1. The van der Waals surface area contributed by atoms with Gasteiger partial charge in [-0.3, -0.25) is 9.78 Å². The molecule has 2 atom stereocenters. The lowest BCUT2D eigenvalue weighted by atomic mass is 9.91. The van der Waals surface area contributed by atoms with Gasteiger partial charge in [-0.05, 0) is 89.6 Å². The smallest absolute Gasteiger partial charge is 0.255 e. The van der Waals surface area contributed by atoms with E-state index in [2.05, 4.69) is 26.5 Å². The van der Waals surface area contributed by atoms with E-state index in [1.807, 2.05) is 89.7 Å². The molecule has 1 amide bonds. The van der Waals surface area contributed by atoms with E-state index < -0.39 is 0 Å². The van der Waals surface area contributed by atoms with Crippen LogP contribution in [0, 0.1) is 11.3 Å². The molecule has 0 aliphatic carbocycles. The predicted octanol–water partition coefficient (Wildman–Crippen LogP) is 7.54. The van der Waals surface area contributed by atoms with Crippen molar-refractivity contribution in [3.63, 3.8) is 0 Å². The highest BCUT2D eigenvalue weighted by molar-refractivity contribution is 6.32. The molecule has 0 aliphatic rings. The van der Waals surface area contributed by atoms with Crippen LogP contribution >= 0.6 is 11.6 Å². The molecule has 1 aromatic heterocycles. The summed E-state index contributed by atoms with van der Waals surface area (Å²) in [6.45, 7) is 3.13. The minimum absolute atomic E-state index is 0.0655. The Balaban J connectivity index is 1.49. The molecule has 5 rings (SSSR count). The largest absolute Gasteiger partial charge is 0.507 e. The van der Waals surface area contributed by atoms with E-state index >= 15 is 0 Å². The molecule has 0 saturated heterocycles. The molecule has 0 aliphatic heterocycles. The monoisotopic (exact) mass is 706 g/mol. The summed E-state index contributed by atoms with van der Waals surface area (Å²) in [6.07, 6.45) is 2.16. The zero-order valence-electron chi connectivity index (χ0n) is 29.5. The number of rotatable bonds is 15. The fourth-order valence-electron chi connectivity index (χ4n) is 6.22. The third kappa shape index (κ3) is 8.70. The second kappa shape index (κ2) is 17.1. The summed E-state index contributed by atoms with van der Waals surface area (Å²) in [4.78, 5) is 22.0. The Bertz CT molecular complexity index is 2010. The molecular formula is C40H43ClN6O4. The van der Waals surface area contributed by atoms with Gasteiger partial charge in [-0.2, -0.15) is 5.26 Å². The maximum absolute atomic E-state index is 12.9. The van der Waals surface area contributed by atoms with Crippen molar-refractivity contribution in [2.24, 2.45) is 0 Å². The van der Waals surface area contributed by atoms with Crippen LogP contribution in [0.1, 0.15) is 46.4 Å². The number of hydrogen-bond acceptors (Lipinski definition) is 9. The summed E-state index contributed by atoms with van der Waals surface area (Å²) in [5.41, 5.74) is 4.45. The van der Waals surface area contributed by atoms with Crippen LogP contribution in [0.3, 0.4) is 0 Å². The van der Waals surface area contributed by atoms with Gasteiger partial charge >= 0.3 is 0 Å². The number of phenols is 1. The molecule has 10 nitrogen and oxygen atoms in total. The van der Waals surface area contributed by atoms with Gasteiger partial charge in [0.25, 0.3) is 5.91 Å². The van der Waals surface area contributed by atoms with Crippen molar-refractivity contribution in [1.82, 2.24) is 20.1 Å². The number of pyridine rings is 1. The van der Waals surface area contributed by atoms with Crippen LogP contribution in [0.4, 0.5) is 11.4 Å². The molecule has 264 valence electrons. The number of aromatic nitrogens is 1. The zero-order valence-corrected chi connectivity index (χ0v) is 30.2. The lowest BCUT2D eigenvalue weighted by Gasteiger charge is -2.38. The van der Waals surface area contributed by atoms with Gasteiger partial charge in [-0.1, -0.05) is 54.1 Å². The molecule has 4 aromatic carbocycles. The number of benzene rings is 4. The Morgan fingerprint density at radius 2 is 1.69 bits per heavy atom. The molecular weight excluding hydrogens is 664 g/mol. The summed E-state index contributed by atoms with van der Waals surface area (Å²) in [7, 11) is 8.01. The Kier molecular flexibility index (Phi) is 12.3. The molecule has 5 aromatic rings. The number of carbonyl (C=O) groups excluding carboxylic acids is 1. The topological polar surface area (TPSA) is 123 Å². The fourth-order valence-corrected chi connectivity index (χ4v) is 6.45. The number of anilines is 2. The Morgan fingerprint density at radius 1 is 0.961 bits per heavy atom. The number of nitrogens with zero attached hydrogens (tertiary/aromatic N) is 4. The SMILES string of the molecule is CCOc1ccc2c(Nc3ccc(OCc4ccccc4)c(Cl)c3)c(C#N)cnc2c1C(C(CCNC(=O)c1ccccc1O)N(C)C)N(C)C. The summed E-state index contributed by atoms with van der Waals surface area (Å²) in [5.74, 6) is 0.823. The van der Waals surface area contributed by atoms with Gasteiger partial charge in [0, 0.05) is 35.4 Å². The second-order valence-electron chi connectivity index (χ2n) is 12.5. The number of aromatic hydroxyl groups is 1. The van der Waals surface area contributed by atoms with Crippen molar-refractivity contribution in [3.05, 3.63) is 118 Å². The minimum Gasteiger partial charge on any atom is -0.507 e. The molecule has 0 fully saturated rings. The molecule has 0 spiro atoms. The number of ether oxygens (including phenoxy) is 2. The highest BCUT2D eigenvalue weighted by Crippen LogP contribution is 2.42. The summed E-state index contributed by atoms with van der Waals surface area (Å²) in [6, 6.07) is 27.6. The standard InChI is InChI=1S/C40H43ClN6O4/c1-6-50-35-19-17-30-37(45-28-16-18-34(31(41)22-28)51-25-26-12-8-7-9-13-26)27(23-42)24-44-38(30)36(35)39(47(4)5)32(46(2)3)20-21-43-40(49)29-14-10-11-15-33(29)48/h7-19,22,24,32,39,48H,6,20-21,25H2,1-5H3,(H,43,49)(H,44,45). The van der Waals surface area contributed by atoms with E-state index in [1.165, 1.54) is 6.07 Å². The first-order chi connectivity index (χ1) is 24.6. The maximum atomic E-state index is 12.9. The van der Waals surface area contributed by atoms with Gasteiger partial charge in [-0.15, -0.1) is 0 Å². The van der Waals surface area contributed by atoms with E-state index in [4.69, 9.17) is 26.1 Å². The Morgan fingerprint density at radius 3 is 2.35 bits per heavy atom. The summed E-state index contributed by atoms with van der Waals surface area (Å²) >= 11 is 6.67. The van der Waals surface area contributed by atoms with Gasteiger partial charge < -0.3 is 35.0 Å². The number of likely N-dealkylation sites (N-methyl/N-ethyl adjacent to an activating group) is 2. The lowest BCUT2D eigenvalue weighted by Crippen LogP contribution is -2.43. The van der Waals surface area contributed by atoms with Gasteiger partial charge in [0.2, 0.25) is 0 Å². The Labute approximate surface area is 304 Å². The van der Waals surface area contributed by atoms with Gasteiger partial charge in [0.05, 0.1) is 40.0 Å². The van der Waals surface area contributed by atoms with Crippen molar-refractivity contribution in [3.8, 4) is 23.3 Å². The number of fused-ring (bicyclic) bond motifs is 1. The molecule has 0 saturated carbocycles. The van der Waals surface area contributed by atoms with E-state index in [1.54, 1.807) is 30.5 Å². The molecule has 1 heterocycles. The number of hydrogen-bond donors (Lipinski definition) is 3. The normalized spacial score (nSPS) is 12.4. The first-order valence-electron chi connectivity index (χ1n) is 16.7. The average molecular weight is 707 g/mol. The highest BCUT2D eigenvalue weighted by atomic mass is 35.5. The van der Waals surface area contributed by atoms with Gasteiger partial charge in [0.15, 0.2) is 0 Å². The third-order valence-electron chi connectivity index (χ3n) is 8.65.